The van der Waals surface area contributed by atoms with E-state index >= 15 is 0 Å². The molecule has 19 heavy (non-hydrogen) atoms. The van der Waals surface area contributed by atoms with E-state index in [4.69, 9.17) is 0 Å². The van der Waals surface area contributed by atoms with Gasteiger partial charge in [-0.2, -0.15) is 0 Å². The fraction of sp³-hybridized carbons (Fsp3) is 0.750. The first-order chi connectivity index (χ1) is 9.02. The molecule has 0 aromatic carbocycles. The molecule has 0 radical (unpaired) electrons. The summed E-state index contributed by atoms with van der Waals surface area (Å²) >= 11 is 5.32. The second-order valence-electron chi connectivity index (χ2n) is 4.24. The number of aldehydes is 1. The molecule has 0 spiro atoms. The molecule has 0 aliphatic rings. The van der Waals surface area contributed by atoms with Crippen molar-refractivity contribution in [2.75, 3.05) is 25.9 Å². The summed E-state index contributed by atoms with van der Waals surface area (Å²) in [4.78, 5) is 35.2. The van der Waals surface area contributed by atoms with Gasteiger partial charge in [-0.15, -0.1) is 11.8 Å². The Balaban J connectivity index is 4.19. The van der Waals surface area contributed by atoms with Crippen molar-refractivity contribution in [2.45, 2.75) is 31.4 Å². The summed E-state index contributed by atoms with van der Waals surface area (Å²) in [6, 6.07) is 0. The van der Waals surface area contributed by atoms with Gasteiger partial charge in [0.1, 0.15) is 12.1 Å². The zero-order chi connectivity index (χ0) is 14.7. The number of nitrogens with zero attached hydrogens (tertiary/aromatic N) is 1. The topological polar surface area (TPSA) is 66.5 Å². The standard InChI is InChI=1S/C12H22N2O3S2/c1-10(16)4-3-7-14(2)12(17)11(5-8-15)19-9-6-13-18/h8,11,13,18H,3-7,9H2,1-2H3. The molecule has 1 amide bonds. The lowest BCUT2D eigenvalue weighted by Gasteiger charge is -2.22. The summed E-state index contributed by atoms with van der Waals surface area (Å²) in [5.74, 6) is 0.786. The number of carbonyl (C=O) groups is 3. The monoisotopic (exact) mass is 306 g/mol. The Hall–Kier alpha value is -0.530. The molecule has 0 saturated heterocycles. The van der Waals surface area contributed by atoms with Gasteiger partial charge in [-0.25, -0.2) is 0 Å². The SMILES string of the molecule is CC(=O)CCCN(C)C(=O)C(CC=O)SCCNS. The average molecular weight is 306 g/mol. The van der Waals surface area contributed by atoms with Crippen molar-refractivity contribution in [2.24, 2.45) is 0 Å². The Morgan fingerprint density at radius 2 is 2.16 bits per heavy atom. The molecule has 110 valence electrons. The number of rotatable bonds is 11. The predicted octanol–water partition coefficient (Wildman–Crippen LogP) is 0.939. The van der Waals surface area contributed by atoms with Gasteiger partial charge >= 0.3 is 0 Å². The van der Waals surface area contributed by atoms with Gasteiger partial charge in [0.25, 0.3) is 0 Å². The maximum absolute atomic E-state index is 12.1. The number of thiol groups is 1. The third-order valence-corrected chi connectivity index (χ3v) is 3.98. The highest BCUT2D eigenvalue weighted by atomic mass is 32.2. The second kappa shape index (κ2) is 11.3. The molecule has 1 N–H and O–H groups in total. The summed E-state index contributed by atoms with van der Waals surface area (Å²) in [5, 5.41) is -0.346. The fourth-order valence-corrected chi connectivity index (χ4v) is 2.80. The molecule has 0 saturated carbocycles. The molecule has 0 aliphatic heterocycles. The molecule has 0 heterocycles. The Bertz CT molecular complexity index is 301. The normalized spacial score (nSPS) is 11.9. The van der Waals surface area contributed by atoms with Gasteiger partial charge < -0.3 is 14.5 Å². The number of nitrogens with one attached hydrogen (secondary N) is 1. The molecular weight excluding hydrogens is 284 g/mol. The largest absolute Gasteiger partial charge is 0.345 e. The van der Waals surface area contributed by atoms with E-state index in [1.807, 2.05) is 0 Å². The van der Waals surface area contributed by atoms with Crippen LogP contribution in [0.1, 0.15) is 26.2 Å². The Kier molecular flexibility index (Phi) is 11.0. The lowest BCUT2D eigenvalue weighted by atomic mass is 10.2. The van der Waals surface area contributed by atoms with Crippen molar-refractivity contribution >= 4 is 42.6 Å². The van der Waals surface area contributed by atoms with Crippen LogP contribution in [0.15, 0.2) is 0 Å². The minimum absolute atomic E-state index is 0.0557. The Labute approximate surface area is 124 Å². The molecule has 0 fully saturated rings. The van der Waals surface area contributed by atoms with E-state index in [1.54, 1.807) is 11.9 Å². The second-order valence-corrected chi connectivity index (χ2v) is 5.86. The van der Waals surface area contributed by atoms with Crippen molar-refractivity contribution in [1.82, 2.24) is 9.62 Å². The van der Waals surface area contributed by atoms with Gasteiger partial charge in [-0.1, -0.05) is 12.8 Å². The average Bonchev–Trinajstić information content (AvgIpc) is 2.36. The molecule has 0 aromatic heterocycles. The van der Waals surface area contributed by atoms with E-state index in [9.17, 15) is 14.4 Å². The molecule has 0 rings (SSSR count). The maximum atomic E-state index is 12.1. The van der Waals surface area contributed by atoms with Crippen LogP contribution in [0.2, 0.25) is 0 Å². The Morgan fingerprint density at radius 1 is 1.47 bits per heavy atom. The van der Waals surface area contributed by atoms with Gasteiger partial charge in [0, 0.05) is 38.7 Å². The van der Waals surface area contributed by atoms with Crippen molar-refractivity contribution in [3.63, 3.8) is 0 Å². The lowest BCUT2D eigenvalue weighted by Crippen LogP contribution is -2.36. The van der Waals surface area contributed by atoms with Crippen LogP contribution in [-0.4, -0.2) is 54.0 Å². The number of carbonyl (C=O) groups excluding carboxylic acids is 3. The summed E-state index contributed by atoms with van der Waals surface area (Å²) in [7, 11) is 1.71. The molecular formula is C12H22N2O3S2. The van der Waals surface area contributed by atoms with Gasteiger partial charge in [0.05, 0.1) is 5.25 Å². The first kappa shape index (κ1) is 18.5. The van der Waals surface area contributed by atoms with Crippen LogP contribution in [0, 0.1) is 0 Å². The summed E-state index contributed by atoms with van der Waals surface area (Å²) in [6.45, 7) is 2.75. The van der Waals surface area contributed by atoms with Crippen LogP contribution < -0.4 is 4.72 Å². The van der Waals surface area contributed by atoms with Crippen LogP contribution in [0.4, 0.5) is 0 Å². The van der Waals surface area contributed by atoms with Crippen LogP contribution in [0.3, 0.4) is 0 Å². The smallest absolute Gasteiger partial charge is 0.235 e. The minimum Gasteiger partial charge on any atom is -0.345 e. The third-order valence-electron chi connectivity index (χ3n) is 2.52. The first-order valence-corrected chi connectivity index (χ1v) is 7.69. The summed E-state index contributed by atoms with van der Waals surface area (Å²) < 4.78 is 2.70. The van der Waals surface area contributed by atoms with Gasteiger partial charge in [-0.05, 0) is 13.3 Å². The number of thioether (sulfide) groups is 1. The van der Waals surface area contributed by atoms with E-state index in [-0.39, 0.29) is 23.4 Å². The minimum atomic E-state index is -0.346. The van der Waals surface area contributed by atoms with Crippen LogP contribution in [0.5, 0.6) is 0 Å². The quantitative estimate of drug-likeness (QED) is 0.338. The number of hydrogen-bond donors (Lipinski definition) is 2. The van der Waals surface area contributed by atoms with Crippen molar-refractivity contribution in [1.29, 1.82) is 0 Å². The molecule has 5 nitrogen and oxygen atoms in total. The highest BCUT2D eigenvalue weighted by Gasteiger charge is 2.21. The first-order valence-electron chi connectivity index (χ1n) is 6.19. The number of amides is 1. The van der Waals surface area contributed by atoms with Gasteiger partial charge in [0.15, 0.2) is 0 Å². The lowest BCUT2D eigenvalue weighted by molar-refractivity contribution is -0.130. The van der Waals surface area contributed by atoms with E-state index in [0.29, 0.717) is 25.9 Å². The van der Waals surface area contributed by atoms with Crippen molar-refractivity contribution in [3.8, 4) is 0 Å². The van der Waals surface area contributed by atoms with Crippen molar-refractivity contribution < 1.29 is 14.4 Å². The molecule has 0 aliphatic carbocycles. The Morgan fingerprint density at radius 3 is 2.68 bits per heavy atom. The van der Waals surface area contributed by atoms with Crippen LogP contribution in [0.25, 0.3) is 0 Å². The summed E-state index contributed by atoms with van der Waals surface area (Å²) in [6.07, 6.45) is 2.13. The summed E-state index contributed by atoms with van der Waals surface area (Å²) in [5.41, 5.74) is 0. The fourth-order valence-electron chi connectivity index (χ4n) is 1.50. The maximum Gasteiger partial charge on any atom is 0.235 e. The highest BCUT2D eigenvalue weighted by molar-refractivity contribution is 8.00. The number of Topliss-reactive ketones (excluding diaryl/α,β-unsaturated/α-hetero) is 1. The van der Waals surface area contributed by atoms with Crippen LogP contribution >= 0.6 is 24.6 Å². The zero-order valence-corrected chi connectivity index (χ0v) is 13.1. The predicted molar refractivity (Wildman–Crippen MR) is 81.5 cm³/mol. The van der Waals surface area contributed by atoms with Crippen molar-refractivity contribution in [3.05, 3.63) is 0 Å². The molecule has 1 atom stereocenters. The highest BCUT2D eigenvalue weighted by Crippen LogP contribution is 2.16. The van der Waals surface area contributed by atoms with E-state index in [0.717, 1.165) is 12.0 Å². The number of ketones is 1. The van der Waals surface area contributed by atoms with Gasteiger partial charge in [0.2, 0.25) is 5.91 Å². The molecule has 7 heteroatoms. The van der Waals surface area contributed by atoms with E-state index in [2.05, 4.69) is 17.5 Å². The van der Waals surface area contributed by atoms with E-state index < -0.39 is 0 Å². The molecule has 1 unspecified atom stereocenters. The van der Waals surface area contributed by atoms with Crippen LogP contribution in [-0.2, 0) is 14.4 Å². The number of hydrogen-bond acceptors (Lipinski definition) is 6. The van der Waals surface area contributed by atoms with E-state index in [1.165, 1.54) is 18.7 Å². The third kappa shape index (κ3) is 9.07. The zero-order valence-electron chi connectivity index (χ0n) is 11.4. The molecule has 0 aromatic rings. The van der Waals surface area contributed by atoms with Gasteiger partial charge in [-0.3, -0.25) is 9.52 Å². The molecule has 0 bridgehead atoms.